The molecule has 0 saturated carbocycles. The van der Waals surface area contributed by atoms with E-state index < -0.39 is 8.32 Å². The monoisotopic (exact) mass is 604 g/mol. The number of nitrogens with two attached hydrogens (primary N) is 1. The van der Waals surface area contributed by atoms with Gasteiger partial charge in [0.05, 0.1) is 39.9 Å². The summed E-state index contributed by atoms with van der Waals surface area (Å²) in [5, 5.41) is 17.2. The molecule has 2 atom stereocenters. The molecular formula is C31H41ClN8OSi. The van der Waals surface area contributed by atoms with Crippen molar-refractivity contribution in [3.05, 3.63) is 59.6 Å². The van der Waals surface area contributed by atoms with Crippen LogP contribution >= 0.6 is 11.6 Å². The largest absolute Gasteiger partial charge is 0.543 e. The molecule has 2 bridgehead atoms. The molecule has 2 saturated heterocycles. The number of aromatic nitrogens is 4. The Bertz CT molecular complexity index is 1640. The summed E-state index contributed by atoms with van der Waals surface area (Å²) >= 11 is 6.73. The summed E-state index contributed by atoms with van der Waals surface area (Å²) in [5.41, 5.74) is 12.0. The van der Waals surface area contributed by atoms with Gasteiger partial charge >= 0.3 is 0 Å². The van der Waals surface area contributed by atoms with Gasteiger partial charge in [-0.15, -0.1) is 0 Å². The Morgan fingerprint density at radius 2 is 1.83 bits per heavy atom. The molecule has 0 amide bonds. The van der Waals surface area contributed by atoms with Crippen LogP contribution in [0.15, 0.2) is 54.0 Å². The number of aliphatic imine (C=N–C) groups is 1. The number of hydrogen-bond donors (Lipinski definition) is 3. The number of anilines is 1. The molecule has 1 aromatic carbocycles. The van der Waals surface area contributed by atoms with E-state index in [2.05, 4.69) is 55.7 Å². The first kappa shape index (κ1) is 28.8. The van der Waals surface area contributed by atoms with Gasteiger partial charge in [0.2, 0.25) is 8.32 Å². The van der Waals surface area contributed by atoms with Crippen LogP contribution in [0.1, 0.15) is 52.0 Å². The number of nitrogens with one attached hydrogen (secondary N) is 2. The smallest absolute Gasteiger partial charge is 0.250 e. The van der Waals surface area contributed by atoms with E-state index in [0.717, 1.165) is 46.5 Å². The Hall–Kier alpha value is -3.34. The third-order valence-corrected chi connectivity index (χ3v) is 13.8. The lowest BCUT2D eigenvalue weighted by Gasteiger charge is -2.36. The molecule has 6 rings (SSSR count). The minimum atomic E-state index is -2.00. The molecule has 4 N–H and O–H groups in total. The van der Waals surface area contributed by atoms with Crippen LogP contribution in [0.25, 0.3) is 16.6 Å². The molecule has 3 aromatic heterocycles. The number of amidine groups is 1. The lowest BCUT2D eigenvalue weighted by atomic mass is 9.99. The topological polar surface area (TPSA) is 107 Å². The molecule has 9 nitrogen and oxygen atoms in total. The van der Waals surface area contributed by atoms with Crippen molar-refractivity contribution in [3.8, 4) is 16.9 Å². The standard InChI is InChI=1S/C31H41ClN8OSi/c1-31(2,3)42(5,6)41-24-9-10-27(26(32)14-24)38-30(33)25-16-35-40-18-19(20-15-34-39(4)17-20)11-28(40)29(25)37-23-12-21-7-8-22(13-23)36-21/h9-11,14-18,21-23,36-37H,7-8,12-13H2,1-6H3,(H2,33,38). The van der Waals surface area contributed by atoms with Gasteiger partial charge in [-0.2, -0.15) is 10.2 Å². The molecule has 4 aromatic rings. The van der Waals surface area contributed by atoms with E-state index in [-0.39, 0.29) is 5.04 Å². The van der Waals surface area contributed by atoms with E-state index in [4.69, 9.17) is 31.9 Å². The normalized spacial score (nSPS) is 21.2. The second-order valence-electron chi connectivity index (χ2n) is 13.3. The van der Waals surface area contributed by atoms with Crippen molar-refractivity contribution in [1.82, 2.24) is 24.7 Å². The highest BCUT2D eigenvalue weighted by Crippen LogP contribution is 2.39. The second kappa shape index (κ2) is 10.7. The molecule has 5 heterocycles. The van der Waals surface area contributed by atoms with Crippen LogP contribution in [-0.2, 0) is 7.05 Å². The van der Waals surface area contributed by atoms with Crippen LogP contribution in [0.5, 0.6) is 5.75 Å². The van der Waals surface area contributed by atoms with Crippen LogP contribution in [0.3, 0.4) is 0 Å². The zero-order valence-corrected chi connectivity index (χ0v) is 27.0. The van der Waals surface area contributed by atoms with Crippen molar-refractivity contribution >= 4 is 42.6 Å². The van der Waals surface area contributed by atoms with Crippen LogP contribution in [0.4, 0.5) is 11.4 Å². The van der Waals surface area contributed by atoms with Crippen LogP contribution < -0.4 is 20.8 Å². The first-order valence-electron chi connectivity index (χ1n) is 14.7. The van der Waals surface area contributed by atoms with E-state index in [1.807, 2.05) is 48.4 Å². The predicted molar refractivity (Wildman–Crippen MR) is 174 cm³/mol. The highest BCUT2D eigenvalue weighted by Gasteiger charge is 2.39. The van der Waals surface area contributed by atoms with Crippen molar-refractivity contribution in [3.63, 3.8) is 0 Å². The van der Waals surface area contributed by atoms with Gasteiger partial charge in [0.25, 0.3) is 0 Å². The van der Waals surface area contributed by atoms with E-state index in [9.17, 15) is 0 Å². The fraction of sp³-hybridized carbons (Fsp3) is 0.452. The average Bonchev–Trinajstić information content (AvgIpc) is 3.63. The fourth-order valence-corrected chi connectivity index (χ4v) is 7.02. The molecule has 2 unspecified atom stereocenters. The lowest BCUT2D eigenvalue weighted by Crippen LogP contribution is -2.43. The zero-order valence-electron chi connectivity index (χ0n) is 25.3. The van der Waals surface area contributed by atoms with Crippen molar-refractivity contribution in [2.75, 3.05) is 5.32 Å². The molecule has 42 heavy (non-hydrogen) atoms. The predicted octanol–water partition coefficient (Wildman–Crippen LogP) is 6.50. The summed E-state index contributed by atoms with van der Waals surface area (Å²) < 4.78 is 10.2. The van der Waals surface area contributed by atoms with Crippen LogP contribution in [0, 0.1) is 0 Å². The van der Waals surface area contributed by atoms with Gasteiger partial charge in [-0.3, -0.25) is 4.68 Å². The zero-order chi connectivity index (χ0) is 29.8. The second-order valence-corrected chi connectivity index (χ2v) is 18.4. The van der Waals surface area contributed by atoms with E-state index in [1.54, 1.807) is 10.9 Å². The van der Waals surface area contributed by atoms with E-state index in [1.165, 1.54) is 12.8 Å². The summed E-state index contributed by atoms with van der Waals surface area (Å²) in [7, 11) is -0.0813. The highest BCUT2D eigenvalue weighted by atomic mass is 35.5. The number of halogens is 1. The number of nitrogens with zero attached hydrogens (tertiary/aromatic N) is 5. The first-order chi connectivity index (χ1) is 19.9. The maximum Gasteiger partial charge on any atom is 0.250 e. The third kappa shape index (κ3) is 5.67. The number of rotatable bonds is 7. The SMILES string of the molecule is Cn1cc(-c2cc3c(NC4CC5CCC(C4)N5)c(C(N)=Nc4ccc(O[Si](C)(C)C(C)(C)C)cc4Cl)cnn3c2)cn1. The summed E-state index contributed by atoms with van der Waals surface area (Å²) in [6, 6.07) is 9.21. The van der Waals surface area contributed by atoms with Gasteiger partial charge in [-0.25, -0.2) is 9.51 Å². The first-order valence-corrected chi connectivity index (χ1v) is 18.0. The molecule has 0 radical (unpaired) electrons. The average molecular weight is 605 g/mol. The minimum Gasteiger partial charge on any atom is -0.543 e. The molecule has 0 aliphatic carbocycles. The maximum absolute atomic E-state index is 6.73. The fourth-order valence-electron chi connectivity index (χ4n) is 5.79. The van der Waals surface area contributed by atoms with E-state index in [0.29, 0.717) is 34.7 Å². The van der Waals surface area contributed by atoms with Crippen molar-refractivity contribution in [2.45, 2.75) is 82.7 Å². The molecular weight excluding hydrogens is 564 g/mol. The number of hydrogen-bond acceptors (Lipinski definition) is 6. The summed E-state index contributed by atoms with van der Waals surface area (Å²) in [4.78, 5) is 4.79. The number of aryl methyl sites for hydroxylation is 1. The van der Waals surface area contributed by atoms with Crippen LogP contribution in [0.2, 0.25) is 23.2 Å². The Balaban J connectivity index is 1.36. The Kier molecular flexibility index (Phi) is 7.35. The van der Waals surface area contributed by atoms with Gasteiger partial charge in [0.15, 0.2) is 0 Å². The molecule has 2 aliphatic heterocycles. The molecule has 11 heteroatoms. The highest BCUT2D eigenvalue weighted by molar-refractivity contribution is 6.74. The molecule has 2 fully saturated rings. The van der Waals surface area contributed by atoms with Crippen molar-refractivity contribution < 1.29 is 4.43 Å². The summed E-state index contributed by atoms with van der Waals surface area (Å²) in [5.74, 6) is 1.11. The van der Waals surface area contributed by atoms with Gasteiger partial charge in [0, 0.05) is 48.7 Å². The molecule has 0 spiro atoms. The molecule has 222 valence electrons. The van der Waals surface area contributed by atoms with E-state index >= 15 is 0 Å². The number of benzene rings is 1. The Morgan fingerprint density at radius 1 is 1.10 bits per heavy atom. The van der Waals surface area contributed by atoms with Crippen molar-refractivity contribution in [2.24, 2.45) is 17.8 Å². The minimum absolute atomic E-state index is 0.0827. The third-order valence-electron chi connectivity index (χ3n) is 9.11. The van der Waals surface area contributed by atoms with Gasteiger partial charge in [-0.1, -0.05) is 32.4 Å². The molecule has 2 aliphatic rings. The summed E-state index contributed by atoms with van der Waals surface area (Å²) in [6.07, 6.45) is 12.3. The van der Waals surface area contributed by atoms with Gasteiger partial charge < -0.3 is 20.8 Å². The lowest BCUT2D eigenvalue weighted by molar-refractivity contribution is 0.378. The van der Waals surface area contributed by atoms with Gasteiger partial charge in [0.1, 0.15) is 11.6 Å². The Morgan fingerprint density at radius 3 is 2.48 bits per heavy atom. The Labute approximate surface area is 253 Å². The summed E-state index contributed by atoms with van der Waals surface area (Å²) in [6.45, 7) is 11.1. The van der Waals surface area contributed by atoms with Crippen LogP contribution in [-0.4, -0.2) is 51.7 Å². The number of piperidine rings is 1. The quantitative estimate of drug-likeness (QED) is 0.126. The number of fused-ring (bicyclic) bond motifs is 3. The van der Waals surface area contributed by atoms with Crippen molar-refractivity contribution in [1.29, 1.82) is 0 Å². The van der Waals surface area contributed by atoms with Gasteiger partial charge in [-0.05, 0) is 68.1 Å². The maximum atomic E-state index is 6.73.